The Balaban J connectivity index is 2.36. The summed E-state index contributed by atoms with van der Waals surface area (Å²) >= 11 is 4.31. The molecule has 5 nitrogen and oxygen atoms in total. The van der Waals surface area contributed by atoms with Crippen molar-refractivity contribution >= 4 is 33.4 Å². The van der Waals surface area contributed by atoms with Crippen LogP contribution in [-0.2, 0) is 0 Å². The Morgan fingerprint density at radius 2 is 2.31 bits per heavy atom. The van der Waals surface area contributed by atoms with E-state index < -0.39 is 4.92 Å². The summed E-state index contributed by atoms with van der Waals surface area (Å²) in [6.07, 6.45) is 2.92. The third kappa shape index (κ3) is 2.42. The molecule has 82 valence electrons. The number of benzene rings is 1. The number of rotatable bonds is 3. The standard InChI is InChI=1S/C9H5BrN2O3S/c10-6-1-2-8(7(5-6)12(13)14)16-9-11-3-4-15-9/h1-5H. The van der Waals surface area contributed by atoms with Crippen LogP contribution in [0, 0.1) is 10.1 Å². The van der Waals surface area contributed by atoms with E-state index in [1.165, 1.54) is 18.5 Å². The van der Waals surface area contributed by atoms with E-state index in [0.717, 1.165) is 11.8 Å². The number of hydrogen-bond donors (Lipinski definition) is 0. The van der Waals surface area contributed by atoms with E-state index in [0.29, 0.717) is 14.6 Å². The highest BCUT2D eigenvalue weighted by atomic mass is 79.9. The highest BCUT2D eigenvalue weighted by Gasteiger charge is 2.16. The van der Waals surface area contributed by atoms with Crippen molar-refractivity contribution in [2.24, 2.45) is 0 Å². The SMILES string of the molecule is O=[N+]([O-])c1cc(Br)ccc1Sc1ncco1. The number of oxazole rings is 1. The largest absolute Gasteiger partial charge is 0.440 e. The molecule has 0 N–H and O–H groups in total. The Morgan fingerprint density at radius 3 is 2.94 bits per heavy atom. The van der Waals surface area contributed by atoms with Crippen LogP contribution in [-0.4, -0.2) is 9.91 Å². The quantitative estimate of drug-likeness (QED) is 0.641. The number of nitrogens with zero attached hydrogens (tertiary/aromatic N) is 2. The maximum absolute atomic E-state index is 10.8. The number of halogens is 1. The lowest BCUT2D eigenvalue weighted by atomic mass is 10.3. The first-order chi connectivity index (χ1) is 7.66. The van der Waals surface area contributed by atoms with Crippen LogP contribution in [0.25, 0.3) is 0 Å². The topological polar surface area (TPSA) is 69.2 Å². The van der Waals surface area contributed by atoms with Gasteiger partial charge in [-0.2, -0.15) is 0 Å². The minimum Gasteiger partial charge on any atom is -0.440 e. The molecule has 0 saturated heterocycles. The molecule has 0 radical (unpaired) electrons. The summed E-state index contributed by atoms with van der Waals surface area (Å²) in [5.41, 5.74) is 0.0255. The van der Waals surface area contributed by atoms with Gasteiger partial charge in [0.2, 0.25) is 0 Å². The summed E-state index contributed by atoms with van der Waals surface area (Å²) in [7, 11) is 0. The zero-order valence-electron chi connectivity index (χ0n) is 7.79. The smallest absolute Gasteiger partial charge is 0.284 e. The average molecular weight is 301 g/mol. The van der Waals surface area contributed by atoms with Crippen molar-refractivity contribution in [2.75, 3.05) is 0 Å². The van der Waals surface area contributed by atoms with Crippen molar-refractivity contribution < 1.29 is 9.34 Å². The molecule has 0 unspecified atom stereocenters. The number of hydrogen-bond acceptors (Lipinski definition) is 5. The number of nitro groups is 1. The molecule has 0 aliphatic heterocycles. The first-order valence-electron chi connectivity index (χ1n) is 4.18. The third-order valence-corrected chi connectivity index (χ3v) is 3.16. The van der Waals surface area contributed by atoms with Gasteiger partial charge in [0.15, 0.2) is 0 Å². The second-order valence-corrected chi connectivity index (χ2v) is 4.68. The number of nitro benzene ring substituents is 1. The lowest BCUT2D eigenvalue weighted by Gasteiger charge is -1.99. The molecule has 16 heavy (non-hydrogen) atoms. The summed E-state index contributed by atoms with van der Waals surface area (Å²) < 4.78 is 5.68. The monoisotopic (exact) mass is 300 g/mol. The van der Waals surface area contributed by atoms with Crippen molar-refractivity contribution in [3.63, 3.8) is 0 Å². The molecule has 7 heteroatoms. The van der Waals surface area contributed by atoms with E-state index >= 15 is 0 Å². The minimum atomic E-state index is -0.434. The van der Waals surface area contributed by atoms with Crippen LogP contribution in [0.15, 0.2) is 49.7 Å². The molecule has 0 aliphatic carbocycles. The highest BCUT2D eigenvalue weighted by molar-refractivity contribution is 9.10. The van der Waals surface area contributed by atoms with Gasteiger partial charge in [0.1, 0.15) is 6.26 Å². The molecule has 0 amide bonds. The fourth-order valence-corrected chi connectivity index (χ4v) is 2.20. The predicted molar refractivity (Wildman–Crippen MR) is 61.4 cm³/mol. The fourth-order valence-electron chi connectivity index (χ4n) is 1.07. The molecule has 0 saturated carbocycles. The zero-order valence-corrected chi connectivity index (χ0v) is 10.2. The average Bonchev–Trinajstić information content (AvgIpc) is 2.73. The molecule has 2 aromatic rings. The van der Waals surface area contributed by atoms with Gasteiger partial charge in [0.25, 0.3) is 10.9 Å². The van der Waals surface area contributed by atoms with Crippen LogP contribution >= 0.6 is 27.7 Å². The molecule has 1 heterocycles. The maximum Gasteiger partial charge on any atom is 0.284 e. The summed E-state index contributed by atoms with van der Waals surface area (Å²) in [6.45, 7) is 0. The maximum atomic E-state index is 10.8. The zero-order chi connectivity index (χ0) is 11.5. The van der Waals surface area contributed by atoms with E-state index in [1.54, 1.807) is 12.1 Å². The summed E-state index contributed by atoms with van der Waals surface area (Å²) in [5, 5.41) is 11.2. The first-order valence-corrected chi connectivity index (χ1v) is 5.79. The Morgan fingerprint density at radius 1 is 1.50 bits per heavy atom. The molecular weight excluding hydrogens is 296 g/mol. The van der Waals surface area contributed by atoms with Crippen molar-refractivity contribution in [2.45, 2.75) is 10.1 Å². The molecule has 1 aromatic carbocycles. The Labute approximate surface area is 103 Å². The van der Waals surface area contributed by atoms with Gasteiger partial charge in [-0.25, -0.2) is 4.98 Å². The summed E-state index contributed by atoms with van der Waals surface area (Å²) in [5.74, 6) is 0. The van der Waals surface area contributed by atoms with Gasteiger partial charge in [0.05, 0.1) is 16.0 Å². The van der Waals surface area contributed by atoms with Crippen LogP contribution < -0.4 is 0 Å². The normalized spacial score (nSPS) is 10.3. The Hall–Kier alpha value is -1.34. The van der Waals surface area contributed by atoms with Gasteiger partial charge < -0.3 is 4.42 Å². The summed E-state index contributed by atoms with van der Waals surface area (Å²) in [6, 6.07) is 4.83. The molecule has 0 fully saturated rings. The van der Waals surface area contributed by atoms with Crippen LogP contribution in [0.1, 0.15) is 0 Å². The van der Waals surface area contributed by atoms with Gasteiger partial charge in [-0.15, -0.1) is 0 Å². The number of aromatic nitrogens is 1. The van der Waals surface area contributed by atoms with E-state index in [-0.39, 0.29) is 5.69 Å². The van der Waals surface area contributed by atoms with Crippen LogP contribution in [0.2, 0.25) is 0 Å². The van der Waals surface area contributed by atoms with Crippen LogP contribution in [0.4, 0.5) is 5.69 Å². The molecule has 0 spiro atoms. The second kappa shape index (κ2) is 4.67. The van der Waals surface area contributed by atoms with Crippen molar-refractivity contribution in [3.05, 3.63) is 45.2 Å². The van der Waals surface area contributed by atoms with Gasteiger partial charge in [0, 0.05) is 10.5 Å². The van der Waals surface area contributed by atoms with E-state index in [1.807, 2.05) is 0 Å². The third-order valence-electron chi connectivity index (χ3n) is 1.72. The van der Waals surface area contributed by atoms with E-state index in [2.05, 4.69) is 20.9 Å². The van der Waals surface area contributed by atoms with Gasteiger partial charge in [-0.1, -0.05) is 15.9 Å². The summed E-state index contributed by atoms with van der Waals surface area (Å²) in [4.78, 5) is 14.8. The van der Waals surface area contributed by atoms with Crippen LogP contribution in [0.3, 0.4) is 0 Å². The Bertz CT molecular complexity index is 515. The molecule has 0 atom stereocenters. The Kier molecular flexibility index (Phi) is 3.25. The molecular formula is C9H5BrN2O3S. The van der Waals surface area contributed by atoms with Crippen molar-refractivity contribution in [1.29, 1.82) is 0 Å². The molecule has 2 rings (SSSR count). The predicted octanol–water partition coefficient (Wildman–Crippen LogP) is 3.50. The second-order valence-electron chi connectivity index (χ2n) is 2.77. The molecule has 1 aromatic heterocycles. The van der Waals surface area contributed by atoms with Gasteiger partial charge in [-0.3, -0.25) is 10.1 Å². The fraction of sp³-hybridized carbons (Fsp3) is 0. The van der Waals surface area contributed by atoms with Crippen molar-refractivity contribution in [1.82, 2.24) is 4.98 Å². The minimum absolute atomic E-state index is 0.0255. The van der Waals surface area contributed by atoms with Gasteiger partial charge in [-0.05, 0) is 23.9 Å². The highest BCUT2D eigenvalue weighted by Crippen LogP contribution is 2.35. The lowest BCUT2D eigenvalue weighted by Crippen LogP contribution is -1.90. The van der Waals surface area contributed by atoms with Crippen molar-refractivity contribution in [3.8, 4) is 0 Å². The van der Waals surface area contributed by atoms with E-state index in [9.17, 15) is 10.1 Å². The molecule has 0 bridgehead atoms. The van der Waals surface area contributed by atoms with E-state index in [4.69, 9.17) is 4.42 Å². The van der Waals surface area contributed by atoms with Crippen LogP contribution in [0.5, 0.6) is 0 Å². The molecule has 0 aliphatic rings. The first kappa shape index (κ1) is 11.2. The van der Waals surface area contributed by atoms with Gasteiger partial charge >= 0.3 is 0 Å². The lowest BCUT2D eigenvalue weighted by molar-refractivity contribution is -0.387.